The molecule has 0 bridgehead atoms. The second-order valence-corrected chi connectivity index (χ2v) is 11.9. The van der Waals surface area contributed by atoms with E-state index in [0.29, 0.717) is 52.2 Å². The van der Waals surface area contributed by atoms with Crippen molar-refractivity contribution in [1.82, 2.24) is 24.3 Å². The molecule has 0 aliphatic heterocycles. The van der Waals surface area contributed by atoms with E-state index in [0.717, 1.165) is 16.0 Å². The van der Waals surface area contributed by atoms with Crippen molar-refractivity contribution in [2.75, 3.05) is 5.32 Å². The lowest BCUT2D eigenvalue weighted by molar-refractivity contribution is 0.0945. The first-order valence-corrected chi connectivity index (χ1v) is 15.1. The number of amides is 1. The van der Waals surface area contributed by atoms with Gasteiger partial charge in [0, 0.05) is 65.0 Å². The number of nitrogens with two attached hydrogens (primary N) is 1. The minimum absolute atomic E-state index is 0.221. The lowest BCUT2D eigenvalue weighted by atomic mass is 10.1. The number of pyridine rings is 3. The van der Waals surface area contributed by atoms with Crippen LogP contribution in [0.15, 0.2) is 108 Å². The smallest absolute Gasteiger partial charge is 0.280 e. The summed E-state index contributed by atoms with van der Waals surface area (Å²) in [6.45, 7) is 0.749. The number of hydrogen-bond donors (Lipinski definition) is 2. The summed E-state index contributed by atoms with van der Waals surface area (Å²) < 4.78 is 3.56. The number of thiophene rings is 1. The maximum Gasteiger partial charge on any atom is 0.280 e. The summed E-state index contributed by atoms with van der Waals surface area (Å²) in [7, 11) is 0. The molecule has 0 aliphatic rings. The molecule has 1 amide bonds. The Morgan fingerprint density at radius 2 is 1.64 bits per heavy atom. The summed E-state index contributed by atoms with van der Waals surface area (Å²) in [5, 5.41) is 8.03. The van der Waals surface area contributed by atoms with E-state index in [2.05, 4.69) is 15.3 Å². The van der Waals surface area contributed by atoms with Gasteiger partial charge in [0.15, 0.2) is 0 Å². The predicted octanol–water partition coefficient (Wildman–Crippen LogP) is 5.53. The molecule has 6 aromatic rings. The third-order valence-corrected chi connectivity index (χ3v) is 8.35. The van der Waals surface area contributed by atoms with Crippen molar-refractivity contribution < 1.29 is 9.59 Å². The van der Waals surface area contributed by atoms with Crippen molar-refractivity contribution in [3.8, 4) is 22.5 Å². The molecule has 0 fully saturated rings. The standard InChI is InChI=1S/C33H26ClN7O3S/c34-29-10-9-26(45-29)20-38-30-17-27(39-41(30)33(44)23-7-5-22(6-8-23)32(35)43)28-15-25(24-4-2-13-37-19-24)16-31(42)40(28)14-11-21-3-1-12-36-18-21/h1-10,12-13,15-19,38H,11,14,20H2,(H2,35,43). The highest BCUT2D eigenvalue weighted by Gasteiger charge is 2.21. The van der Waals surface area contributed by atoms with E-state index in [-0.39, 0.29) is 11.1 Å². The number of aryl methyl sites for hydroxylation is 1. The zero-order valence-corrected chi connectivity index (χ0v) is 25.3. The summed E-state index contributed by atoms with van der Waals surface area (Å²) in [5.41, 5.74) is 9.11. The Morgan fingerprint density at radius 3 is 2.31 bits per heavy atom. The molecule has 6 rings (SSSR count). The van der Waals surface area contributed by atoms with Gasteiger partial charge in [0.05, 0.1) is 16.6 Å². The SMILES string of the molecule is NC(=O)c1ccc(C(=O)n2nc(-c3cc(-c4cccnc4)cc(=O)n3CCc3cccnc3)cc2NCc2ccc(Cl)s2)cc1. The number of halogens is 1. The van der Waals surface area contributed by atoms with Gasteiger partial charge in [-0.2, -0.15) is 9.78 Å². The van der Waals surface area contributed by atoms with Gasteiger partial charge in [0.2, 0.25) is 5.91 Å². The topological polar surface area (TPSA) is 138 Å². The van der Waals surface area contributed by atoms with Gasteiger partial charge in [-0.1, -0.05) is 23.7 Å². The number of nitrogens with zero attached hydrogens (tertiary/aromatic N) is 5. The summed E-state index contributed by atoms with van der Waals surface area (Å²) in [5.74, 6) is -0.613. The second-order valence-electron chi connectivity index (χ2n) is 10.1. The van der Waals surface area contributed by atoms with Crippen LogP contribution in [0, 0.1) is 0 Å². The molecular weight excluding hydrogens is 610 g/mol. The van der Waals surface area contributed by atoms with E-state index in [1.807, 2.05) is 36.4 Å². The zero-order chi connectivity index (χ0) is 31.3. The van der Waals surface area contributed by atoms with Crippen molar-refractivity contribution in [2.24, 2.45) is 5.73 Å². The number of primary amides is 1. The van der Waals surface area contributed by atoms with Crippen molar-refractivity contribution in [3.63, 3.8) is 0 Å². The fourth-order valence-electron chi connectivity index (χ4n) is 4.84. The zero-order valence-electron chi connectivity index (χ0n) is 23.8. The van der Waals surface area contributed by atoms with Crippen LogP contribution in [0.2, 0.25) is 4.34 Å². The summed E-state index contributed by atoms with van der Waals surface area (Å²) >= 11 is 7.56. The lowest BCUT2D eigenvalue weighted by Gasteiger charge is -2.13. The first kappa shape index (κ1) is 29.7. The van der Waals surface area contributed by atoms with Gasteiger partial charge >= 0.3 is 0 Å². The normalized spacial score (nSPS) is 11.0. The number of benzene rings is 1. The number of carbonyl (C=O) groups excluding carboxylic acids is 2. The van der Waals surface area contributed by atoms with E-state index >= 15 is 0 Å². The van der Waals surface area contributed by atoms with Crippen LogP contribution in [0.25, 0.3) is 22.5 Å². The molecule has 0 radical (unpaired) electrons. The van der Waals surface area contributed by atoms with Crippen LogP contribution >= 0.6 is 22.9 Å². The van der Waals surface area contributed by atoms with Crippen molar-refractivity contribution in [2.45, 2.75) is 19.5 Å². The number of nitrogens with one attached hydrogen (secondary N) is 1. The van der Waals surface area contributed by atoms with Gasteiger partial charge in [-0.05, 0) is 72.1 Å². The Kier molecular flexibility index (Phi) is 8.63. The molecule has 224 valence electrons. The van der Waals surface area contributed by atoms with Crippen LogP contribution in [-0.2, 0) is 19.5 Å². The summed E-state index contributed by atoms with van der Waals surface area (Å²) in [6.07, 6.45) is 7.39. The third-order valence-electron chi connectivity index (χ3n) is 7.12. The van der Waals surface area contributed by atoms with Crippen molar-refractivity contribution >= 4 is 40.6 Å². The van der Waals surface area contributed by atoms with Crippen LogP contribution in [0.5, 0.6) is 0 Å². The number of rotatable bonds is 10. The summed E-state index contributed by atoms with van der Waals surface area (Å²) in [6, 6.07) is 22.4. The largest absolute Gasteiger partial charge is 0.366 e. The predicted molar refractivity (Wildman–Crippen MR) is 174 cm³/mol. The molecule has 0 atom stereocenters. The highest BCUT2D eigenvalue weighted by atomic mass is 35.5. The number of hydrogen-bond acceptors (Lipinski definition) is 8. The summed E-state index contributed by atoms with van der Waals surface area (Å²) in [4.78, 5) is 48.4. The number of carbonyl (C=O) groups is 2. The van der Waals surface area contributed by atoms with Crippen LogP contribution < -0.4 is 16.6 Å². The van der Waals surface area contributed by atoms with Gasteiger partial charge in [0.1, 0.15) is 11.5 Å². The van der Waals surface area contributed by atoms with Gasteiger partial charge in [-0.15, -0.1) is 11.3 Å². The lowest BCUT2D eigenvalue weighted by Crippen LogP contribution is -2.23. The van der Waals surface area contributed by atoms with Crippen molar-refractivity contribution in [3.05, 3.63) is 140 Å². The van der Waals surface area contributed by atoms with Crippen LogP contribution in [0.1, 0.15) is 31.2 Å². The Morgan fingerprint density at radius 1 is 0.889 bits per heavy atom. The first-order valence-electron chi connectivity index (χ1n) is 13.9. The Balaban J connectivity index is 1.45. The molecule has 10 nitrogen and oxygen atoms in total. The third kappa shape index (κ3) is 6.74. The molecule has 1 aromatic carbocycles. The molecule has 5 heterocycles. The molecule has 45 heavy (non-hydrogen) atoms. The molecule has 5 aromatic heterocycles. The van der Waals surface area contributed by atoms with E-state index in [9.17, 15) is 14.4 Å². The van der Waals surface area contributed by atoms with E-state index in [1.54, 1.807) is 47.6 Å². The van der Waals surface area contributed by atoms with Crippen molar-refractivity contribution in [1.29, 1.82) is 0 Å². The van der Waals surface area contributed by atoms with Crippen LogP contribution in [-0.4, -0.2) is 36.1 Å². The van der Waals surface area contributed by atoms with Gasteiger partial charge < -0.3 is 15.6 Å². The van der Waals surface area contributed by atoms with E-state index in [1.165, 1.54) is 40.3 Å². The highest BCUT2D eigenvalue weighted by molar-refractivity contribution is 7.16. The van der Waals surface area contributed by atoms with Gasteiger partial charge in [-0.3, -0.25) is 24.4 Å². The quantitative estimate of drug-likeness (QED) is 0.202. The Hall–Kier alpha value is -5.39. The average molecular weight is 636 g/mol. The van der Waals surface area contributed by atoms with E-state index < -0.39 is 11.8 Å². The minimum Gasteiger partial charge on any atom is -0.366 e. The maximum absolute atomic E-state index is 13.8. The molecule has 0 spiro atoms. The molecule has 0 saturated heterocycles. The van der Waals surface area contributed by atoms with Crippen LogP contribution in [0.4, 0.5) is 5.82 Å². The number of aromatic nitrogens is 5. The Bertz CT molecular complexity index is 2040. The Labute approximate surface area is 266 Å². The fraction of sp³-hybridized carbons (Fsp3) is 0.0909. The minimum atomic E-state index is -0.593. The molecule has 12 heteroatoms. The monoisotopic (exact) mass is 635 g/mol. The van der Waals surface area contributed by atoms with E-state index in [4.69, 9.17) is 22.4 Å². The molecule has 0 unspecified atom stereocenters. The van der Waals surface area contributed by atoms with Gasteiger partial charge in [0.25, 0.3) is 11.5 Å². The highest BCUT2D eigenvalue weighted by Crippen LogP contribution is 2.28. The first-order chi connectivity index (χ1) is 21.9. The fourth-order valence-corrected chi connectivity index (χ4v) is 5.86. The molecule has 3 N–H and O–H groups in total. The second kappa shape index (κ2) is 13.1. The van der Waals surface area contributed by atoms with Crippen LogP contribution in [0.3, 0.4) is 0 Å². The molecule has 0 saturated carbocycles. The van der Waals surface area contributed by atoms with Gasteiger partial charge in [-0.25, -0.2) is 0 Å². The number of anilines is 1. The molecular formula is C33H26ClN7O3S. The average Bonchev–Trinajstić information content (AvgIpc) is 3.69. The molecule has 0 aliphatic carbocycles. The maximum atomic E-state index is 13.8.